The third-order valence-electron chi connectivity index (χ3n) is 3.28. The first kappa shape index (κ1) is 13.3. The van der Waals surface area contributed by atoms with Gasteiger partial charge in [-0.2, -0.15) is 0 Å². The Balaban J connectivity index is 2.00. The number of urea groups is 1. The molecule has 0 spiro atoms. The lowest BCUT2D eigenvalue weighted by molar-refractivity contribution is 0.0693. The molecule has 5 nitrogen and oxygen atoms in total. The van der Waals surface area contributed by atoms with Gasteiger partial charge in [-0.1, -0.05) is 13.0 Å². The fourth-order valence-corrected chi connectivity index (χ4v) is 1.92. The zero-order valence-electron chi connectivity index (χ0n) is 10.4. The minimum Gasteiger partial charge on any atom is -0.478 e. The number of carbonyl (C=O) groups excluding carboxylic acids is 1. The number of aromatic carboxylic acids is 1. The quantitative estimate of drug-likeness (QED) is 0.782. The molecular weight excluding hydrogens is 251 g/mol. The van der Waals surface area contributed by atoms with E-state index in [4.69, 9.17) is 5.11 Å². The monoisotopic (exact) mass is 266 g/mol. The van der Waals surface area contributed by atoms with Crippen LogP contribution in [-0.2, 0) is 0 Å². The minimum atomic E-state index is -1.41. The van der Waals surface area contributed by atoms with E-state index in [9.17, 15) is 14.0 Å². The van der Waals surface area contributed by atoms with E-state index < -0.39 is 23.4 Å². The van der Waals surface area contributed by atoms with Gasteiger partial charge in [0.15, 0.2) is 0 Å². The van der Waals surface area contributed by atoms with Gasteiger partial charge in [0.2, 0.25) is 0 Å². The van der Waals surface area contributed by atoms with Crippen molar-refractivity contribution in [2.45, 2.75) is 13.3 Å². The third kappa shape index (κ3) is 3.21. The predicted octanol–water partition coefficient (Wildman–Crippen LogP) is 2.30. The zero-order chi connectivity index (χ0) is 14.0. The van der Waals surface area contributed by atoms with Gasteiger partial charge >= 0.3 is 12.0 Å². The smallest absolute Gasteiger partial charge is 0.340 e. The van der Waals surface area contributed by atoms with E-state index in [0.717, 1.165) is 12.5 Å². The van der Waals surface area contributed by atoms with Crippen molar-refractivity contribution >= 4 is 17.7 Å². The number of halogens is 1. The molecular formula is C13H15FN2O3. The summed E-state index contributed by atoms with van der Waals surface area (Å²) < 4.78 is 13.4. The van der Waals surface area contributed by atoms with Crippen molar-refractivity contribution in [2.24, 2.45) is 11.8 Å². The Kier molecular flexibility index (Phi) is 3.69. The maximum atomic E-state index is 13.4. The second-order valence-electron chi connectivity index (χ2n) is 4.78. The number of carboxylic acids is 1. The van der Waals surface area contributed by atoms with Crippen LogP contribution in [-0.4, -0.2) is 23.7 Å². The second-order valence-corrected chi connectivity index (χ2v) is 4.78. The van der Waals surface area contributed by atoms with Crippen molar-refractivity contribution in [3.63, 3.8) is 0 Å². The molecule has 1 fully saturated rings. The van der Waals surface area contributed by atoms with Crippen LogP contribution in [0.4, 0.5) is 14.9 Å². The summed E-state index contributed by atoms with van der Waals surface area (Å²) >= 11 is 0. The number of carboxylic acid groups (broad SMARTS) is 1. The molecule has 2 amide bonds. The van der Waals surface area contributed by atoms with Gasteiger partial charge in [-0.15, -0.1) is 0 Å². The number of carbonyl (C=O) groups is 2. The summed E-state index contributed by atoms with van der Waals surface area (Å²) in [5.41, 5.74) is -0.578. The molecule has 1 aliphatic rings. The molecule has 0 aliphatic heterocycles. The molecule has 1 aromatic carbocycles. The van der Waals surface area contributed by atoms with Crippen molar-refractivity contribution in [1.82, 2.24) is 5.32 Å². The Hall–Kier alpha value is -2.11. The maximum Gasteiger partial charge on any atom is 0.340 e. The molecule has 0 aromatic heterocycles. The Labute approximate surface area is 109 Å². The summed E-state index contributed by atoms with van der Waals surface area (Å²) in [6.07, 6.45) is 1.08. The summed E-state index contributed by atoms with van der Waals surface area (Å²) in [4.78, 5) is 22.5. The Bertz CT molecular complexity index is 519. The topological polar surface area (TPSA) is 78.4 Å². The highest BCUT2D eigenvalue weighted by Crippen LogP contribution is 2.36. The molecule has 6 heteroatoms. The molecule has 0 saturated heterocycles. The van der Waals surface area contributed by atoms with Gasteiger partial charge in [-0.05, 0) is 30.4 Å². The first-order chi connectivity index (χ1) is 8.99. The van der Waals surface area contributed by atoms with Crippen LogP contribution in [0.5, 0.6) is 0 Å². The van der Waals surface area contributed by atoms with E-state index in [0.29, 0.717) is 18.4 Å². The first-order valence-electron chi connectivity index (χ1n) is 6.05. The van der Waals surface area contributed by atoms with Crippen LogP contribution in [0.2, 0.25) is 0 Å². The summed E-state index contributed by atoms with van der Waals surface area (Å²) in [5.74, 6) is -1.19. The molecule has 2 unspecified atom stereocenters. The lowest BCUT2D eigenvalue weighted by atomic mass is 10.1. The first-order valence-corrected chi connectivity index (χ1v) is 6.05. The van der Waals surface area contributed by atoms with Crippen LogP contribution >= 0.6 is 0 Å². The predicted molar refractivity (Wildman–Crippen MR) is 67.7 cm³/mol. The van der Waals surface area contributed by atoms with Crippen LogP contribution in [0, 0.1) is 17.7 Å². The molecule has 102 valence electrons. The fourth-order valence-electron chi connectivity index (χ4n) is 1.92. The third-order valence-corrected chi connectivity index (χ3v) is 3.28. The van der Waals surface area contributed by atoms with Crippen molar-refractivity contribution < 1.29 is 19.1 Å². The highest BCUT2D eigenvalue weighted by Gasteiger charge is 2.32. The highest BCUT2D eigenvalue weighted by molar-refractivity contribution is 6.00. The van der Waals surface area contributed by atoms with Gasteiger partial charge < -0.3 is 15.7 Å². The van der Waals surface area contributed by atoms with E-state index in [1.54, 1.807) is 0 Å². The zero-order valence-corrected chi connectivity index (χ0v) is 10.4. The summed E-state index contributed by atoms with van der Waals surface area (Å²) in [6, 6.07) is 3.22. The largest absolute Gasteiger partial charge is 0.478 e. The number of anilines is 1. The fraction of sp³-hybridized carbons (Fsp3) is 0.385. The number of hydrogen-bond donors (Lipinski definition) is 3. The number of benzene rings is 1. The van der Waals surface area contributed by atoms with Crippen molar-refractivity contribution in [1.29, 1.82) is 0 Å². The number of rotatable bonds is 4. The molecule has 0 bridgehead atoms. The summed E-state index contributed by atoms with van der Waals surface area (Å²) in [6.45, 7) is 2.64. The molecule has 3 N–H and O–H groups in total. The molecule has 19 heavy (non-hydrogen) atoms. The normalized spacial score (nSPS) is 20.7. The Morgan fingerprint density at radius 1 is 1.47 bits per heavy atom. The average Bonchev–Trinajstić information content (AvgIpc) is 3.02. The van der Waals surface area contributed by atoms with Gasteiger partial charge in [0, 0.05) is 6.54 Å². The number of nitrogens with one attached hydrogen (secondary N) is 2. The Morgan fingerprint density at radius 3 is 2.74 bits per heavy atom. The average molecular weight is 266 g/mol. The van der Waals surface area contributed by atoms with E-state index in [-0.39, 0.29) is 5.69 Å². The molecule has 1 saturated carbocycles. The highest BCUT2D eigenvalue weighted by atomic mass is 19.1. The molecule has 1 aliphatic carbocycles. The lowest BCUT2D eigenvalue weighted by Gasteiger charge is -2.10. The van der Waals surface area contributed by atoms with Gasteiger partial charge in [0.25, 0.3) is 0 Å². The van der Waals surface area contributed by atoms with Gasteiger partial charge in [-0.3, -0.25) is 0 Å². The Morgan fingerprint density at radius 2 is 2.16 bits per heavy atom. The molecule has 2 rings (SSSR count). The van der Waals surface area contributed by atoms with E-state index in [1.165, 1.54) is 12.1 Å². The van der Waals surface area contributed by atoms with Crippen LogP contribution < -0.4 is 10.6 Å². The van der Waals surface area contributed by atoms with Gasteiger partial charge in [0.1, 0.15) is 11.4 Å². The number of amides is 2. The van der Waals surface area contributed by atoms with E-state index >= 15 is 0 Å². The van der Waals surface area contributed by atoms with E-state index in [1.807, 2.05) is 0 Å². The molecule has 1 aromatic rings. The molecule has 0 heterocycles. The number of hydrogen-bond acceptors (Lipinski definition) is 2. The summed E-state index contributed by atoms with van der Waals surface area (Å²) in [5, 5.41) is 13.9. The van der Waals surface area contributed by atoms with Crippen LogP contribution in [0.1, 0.15) is 23.7 Å². The van der Waals surface area contributed by atoms with E-state index in [2.05, 4.69) is 17.6 Å². The van der Waals surface area contributed by atoms with Gasteiger partial charge in [-0.25, -0.2) is 14.0 Å². The summed E-state index contributed by atoms with van der Waals surface area (Å²) in [7, 11) is 0. The van der Waals surface area contributed by atoms with Crippen molar-refractivity contribution in [3.8, 4) is 0 Å². The van der Waals surface area contributed by atoms with Crippen LogP contribution in [0.15, 0.2) is 18.2 Å². The maximum absolute atomic E-state index is 13.4. The standard InChI is InChI=1S/C13H15FN2O3/c1-7-5-8(7)6-15-13(19)16-10-4-2-3-9(14)11(10)12(17)18/h2-4,7-8H,5-6H2,1H3,(H,17,18)(H2,15,16,19). The molecule has 2 atom stereocenters. The second kappa shape index (κ2) is 5.26. The van der Waals surface area contributed by atoms with Crippen LogP contribution in [0.3, 0.4) is 0 Å². The SMILES string of the molecule is CC1CC1CNC(=O)Nc1cccc(F)c1C(=O)O. The minimum absolute atomic E-state index is 0.0474. The van der Waals surface area contributed by atoms with Gasteiger partial charge in [0.05, 0.1) is 5.69 Å². The lowest BCUT2D eigenvalue weighted by Crippen LogP contribution is -2.31. The van der Waals surface area contributed by atoms with Crippen LogP contribution in [0.25, 0.3) is 0 Å². The molecule has 0 radical (unpaired) electrons. The van der Waals surface area contributed by atoms with Crippen molar-refractivity contribution in [2.75, 3.05) is 11.9 Å². The van der Waals surface area contributed by atoms with Crippen molar-refractivity contribution in [3.05, 3.63) is 29.6 Å².